The molecule has 0 unspecified atom stereocenters. The number of aliphatic hydroxyl groups is 4. The average Bonchev–Trinajstić information content (AvgIpc) is 4.00. The number of hydrogen-bond donors (Lipinski definition) is 4. The van der Waals surface area contributed by atoms with Gasteiger partial charge in [-0.1, -0.05) is 249 Å². The van der Waals surface area contributed by atoms with Gasteiger partial charge in [0.05, 0.1) is 0 Å². The maximum atomic E-state index is 14.1. The van der Waals surface area contributed by atoms with Crippen LogP contribution < -0.4 is 0 Å². The van der Waals surface area contributed by atoms with E-state index in [0.717, 1.165) is 70.2 Å². The molecule has 0 bridgehead atoms. The molecule has 0 aliphatic heterocycles. The Morgan fingerprint density at radius 3 is 0.571 bits per heavy atom. The van der Waals surface area contributed by atoms with E-state index in [1.165, 1.54) is 0 Å². The highest BCUT2D eigenvalue weighted by Crippen LogP contribution is 2.71. The van der Waals surface area contributed by atoms with Crippen LogP contribution in [0.25, 0.3) is 0 Å². The van der Waals surface area contributed by atoms with Crippen molar-refractivity contribution in [3.8, 4) is 0 Å². The van der Waals surface area contributed by atoms with Gasteiger partial charge in [0.25, 0.3) is 0 Å². The number of benzene rings is 8. The minimum atomic E-state index is -1.46. The second-order valence-corrected chi connectivity index (χ2v) is 21.3. The lowest BCUT2D eigenvalue weighted by atomic mass is 9.58. The zero-order valence-electron chi connectivity index (χ0n) is 39.8. The molecule has 2 spiro atoms. The second kappa shape index (κ2) is 18.4. The molecule has 3 fully saturated rings. The lowest BCUT2D eigenvalue weighted by Crippen LogP contribution is -2.47. The van der Waals surface area contributed by atoms with E-state index in [1.807, 2.05) is 146 Å². The van der Waals surface area contributed by atoms with Crippen molar-refractivity contribution in [2.24, 2.45) is 34.5 Å². The fourth-order valence-corrected chi connectivity index (χ4v) is 14.8. The molecular weight excluding hydrogens is 857 g/mol. The van der Waals surface area contributed by atoms with Crippen LogP contribution in [0, 0.1) is 34.5 Å². The molecule has 0 heterocycles. The molecule has 352 valence electrons. The first-order chi connectivity index (χ1) is 34.1. The van der Waals surface area contributed by atoms with Crippen LogP contribution in [0.4, 0.5) is 0 Å². The minimum Gasteiger partial charge on any atom is -0.380 e. The molecule has 4 nitrogen and oxygen atoms in total. The number of hydrogen-bond acceptors (Lipinski definition) is 4. The third-order valence-electron chi connectivity index (χ3n) is 17.6. The summed E-state index contributed by atoms with van der Waals surface area (Å²) in [5.74, 6) is -1.66. The van der Waals surface area contributed by atoms with Crippen LogP contribution in [0.1, 0.15) is 95.9 Å². The van der Waals surface area contributed by atoms with Crippen molar-refractivity contribution in [3.05, 3.63) is 287 Å². The average molecular weight is 921 g/mol. The van der Waals surface area contributed by atoms with Crippen LogP contribution in [0.15, 0.2) is 243 Å². The van der Waals surface area contributed by atoms with Crippen molar-refractivity contribution >= 4 is 0 Å². The summed E-state index contributed by atoms with van der Waals surface area (Å²) in [4.78, 5) is 0. The van der Waals surface area contributed by atoms with Crippen LogP contribution in [0.5, 0.6) is 0 Å². The van der Waals surface area contributed by atoms with Crippen molar-refractivity contribution in [2.75, 3.05) is 0 Å². The molecule has 3 saturated carbocycles. The minimum absolute atomic E-state index is 0.308. The van der Waals surface area contributed by atoms with E-state index in [4.69, 9.17) is 0 Å². The standard InChI is InChI=1S/C66H64O4/c67-63(49-26-9-1-10-27-49,50-28-11-2-12-29-50)57-44-61(45-58(57)64(68,51-30-13-3-14-31-51)52-32-15-4-16-33-52)42-25-43-62(48-61)46-59(65(69,53-34-17-5-18-35-53)54-36-19-6-20-37-54)60(47-62)66(70,55-38-21-7-22-39-55)56-40-23-8-24-41-56/h1-24,26-41,57-60,67-70H,25,42-48H2/t57-,58-,59-,60-/m1/s1. The van der Waals surface area contributed by atoms with Gasteiger partial charge in [-0.15, -0.1) is 0 Å². The molecular formula is C66H64O4. The molecule has 70 heavy (non-hydrogen) atoms. The Morgan fingerprint density at radius 1 is 0.257 bits per heavy atom. The summed E-state index contributed by atoms with van der Waals surface area (Å²) < 4.78 is 0. The highest BCUT2D eigenvalue weighted by molar-refractivity contribution is 5.45. The summed E-state index contributed by atoms with van der Waals surface area (Å²) in [6.45, 7) is 0. The van der Waals surface area contributed by atoms with Gasteiger partial charge in [-0.05, 0) is 100 Å². The van der Waals surface area contributed by atoms with E-state index < -0.39 is 46.1 Å². The molecule has 3 aliphatic carbocycles. The lowest BCUT2D eigenvalue weighted by molar-refractivity contribution is -0.0697. The van der Waals surface area contributed by atoms with Gasteiger partial charge in [-0.2, -0.15) is 0 Å². The molecule has 0 aromatic heterocycles. The van der Waals surface area contributed by atoms with E-state index in [0.29, 0.717) is 25.7 Å². The van der Waals surface area contributed by atoms with Crippen molar-refractivity contribution in [2.45, 2.75) is 73.8 Å². The highest BCUT2D eigenvalue weighted by Gasteiger charge is 2.66. The predicted molar refractivity (Wildman–Crippen MR) is 279 cm³/mol. The Kier molecular flexibility index (Phi) is 12.1. The third-order valence-corrected chi connectivity index (χ3v) is 17.6. The predicted octanol–water partition coefficient (Wildman–Crippen LogP) is 13.3. The zero-order valence-corrected chi connectivity index (χ0v) is 39.8. The maximum absolute atomic E-state index is 14.1. The Labute approximate surface area is 414 Å². The summed E-state index contributed by atoms with van der Waals surface area (Å²) in [5.41, 5.74) is 0.0726. The Hall–Kier alpha value is -6.40. The fraction of sp³-hybridized carbons (Fsp3) is 0.273. The zero-order chi connectivity index (χ0) is 47.9. The van der Waals surface area contributed by atoms with Crippen molar-refractivity contribution in [3.63, 3.8) is 0 Å². The van der Waals surface area contributed by atoms with Crippen molar-refractivity contribution in [1.29, 1.82) is 0 Å². The van der Waals surface area contributed by atoms with Gasteiger partial charge in [0.15, 0.2) is 0 Å². The monoisotopic (exact) mass is 920 g/mol. The van der Waals surface area contributed by atoms with Gasteiger partial charge in [0.1, 0.15) is 22.4 Å². The first-order valence-electron chi connectivity index (χ1n) is 25.5. The van der Waals surface area contributed by atoms with Crippen LogP contribution in [0.3, 0.4) is 0 Å². The van der Waals surface area contributed by atoms with E-state index >= 15 is 0 Å². The van der Waals surface area contributed by atoms with Gasteiger partial charge in [-0.3, -0.25) is 0 Å². The van der Waals surface area contributed by atoms with Gasteiger partial charge >= 0.3 is 0 Å². The molecule has 0 saturated heterocycles. The van der Waals surface area contributed by atoms with E-state index in [2.05, 4.69) is 97.1 Å². The van der Waals surface area contributed by atoms with Gasteiger partial charge in [-0.25, -0.2) is 0 Å². The first kappa shape index (κ1) is 46.0. The maximum Gasteiger partial charge on any atom is 0.118 e. The molecule has 4 atom stereocenters. The first-order valence-corrected chi connectivity index (χ1v) is 25.5. The van der Waals surface area contributed by atoms with Crippen LogP contribution >= 0.6 is 0 Å². The summed E-state index contributed by atoms with van der Waals surface area (Å²) >= 11 is 0. The van der Waals surface area contributed by atoms with Crippen LogP contribution in [-0.4, -0.2) is 20.4 Å². The SMILES string of the molecule is OC(c1ccccc1)(c1ccccc1)[C@@H]1CC2(CCCC3(C[C@@H](C(O)(c4ccccc4)c4ccccc4)[C@H](C(O)(c4ccccc4)c4ccccc4)C3)C2)C[C@H]1C(O)(c1ccccc1)c1ccccc1. The molecule has 0 radical (unpaired) electrons. The van der Waals surface area contributed by atoms with Gasteiger partial charge < -0.3 is 20.4 Å². The van der Waals surface area contributed by atoms with Crippen LogP contribution in [-0.2, 0) is 22.4 Å². The molecule has 4 heteroatoms. The molecule has 8 aromatic carbocycles. The van der Waals surface area contributed by atoms with Crippen molar-refractivity contribution < 1.29 is 20.4 Å². The Balaban J connectivity index is 1.11. The van der Waals surface area contributed by atoms with Gasteiger partial charge in [0, 0.05) is 23.7 Å². The summed E-state index contributed by atoms with van der Waals surface area (Å²) in [6.07, 6.45) is 6.40. The largest absolute Gasteiger partial charge is 0.380 e. The summed E-state index contributed by atoms with van der Waals surface area (Å²) in [5, 5.41) is 56.3. The summed E-state index contributed by atoms with van der Waals surface area (Å²) in [6, 6.07) is 81.1. The Bertz CT molecular complexity index is 2390. The topological polar surface area (TPSA) is 80.9 Å². The molecule has 4 N–H and O–H groups in total. The third kappa shape index (κ3) is 7.68. The highest BCUT2D eigenvalue weighted by atomic mass is 16.3. The summed E-state index contributed by atoms with van der Waals surface area (Å²) in [7, 11) is 0. The smallest absolute Gasteiger partial charge is 0.118 e. The van der Waals surface area contributed by atoms with Gasteiger partial charge in [0.2, 0.25) is 0 Å². The van der Waals surface area contributed by atoms with E-state index in [1.54, 1.807) is 0 Å². The lowest BCUT2D eigenvalue weighted by Gasteiger charge is -2.47. The van der Waals surface area contributed by atoms with E-state index in [-0.39, 0.29) is 10.8 Å². The quantitative estimate of drug-likeness (QED) is 0.0984. The normalized spacial score (nSPS) is 21.2. The van der Waals surface area contributed by atoms with E-state index in [9.17, 15) is 20.4 Å². The van der Waals surface area contributed by atoms with Crippen LogP contribution in [0.2, 0.25) is 0 Å². The van der Waals surface area contributed by atoms with Crippen molar-refractivity contribution in [1.82, 2.24) is 0 Å². The molecule has 0 amide bonds. The fourth-order valence-electron chi connectivity index (χ4n) is 14.8. The second-order valence-electron chi connectivity index (χ2n) is 21.3. The number of rotatable bonds is 12. The molecule has 8 aromatic rings. The molecule has 11 rings (SSSR count). The molecule has 3 aliphatic rings. The Morgan fingerprint density at radius 2 is 0.414 bits per heavy atom.